The molecule has 1 aromatic carbocycles. The quantitative estimate of drug-likeness (QED) is 0.797. The molecule has 0 spiro atoms. The zero-order chi connectivity index (χ0) is 19.4. The number of carbonyl (C=O) groups is 1. The van der Waals surface area contributed by atoms with Crippen LogP contribution >= 0.6 is 0 Å². The van der Waals surface area contributed by atoms with Gasteiger partial charge in [0.1, 0.15) is 0 Å². The molecular weight excluding hydrogens is 366 g/mol. The van der Waals surface area contributed by atoms with E-state index in [0.717, 1.165) is 31.2 Å². The van der Waals surface area contributed by atoms with Gasteiger partial charge in [0.25, 0.3) is 10.2 Å². The number of hydrogen-bond donors (Lipinski definition) is 1. The largest absolute Gasteiger partial charge is 0.478 e. The standard InChI is InChI=1S/C19H29N3O4S/c1-20(18-5-3-2-4-6-18)27(25,26)22-13-11-21(12-14-22)15-16-7-9-17(10-8-16)19(23)24/h7-10,18H,2-6,11-15H2,1H3,(H,23,24). The van der Waals surface area contributed by atoms with Gasteiger partial charge < -0.3 is 5.11 Å². The van der Waals surface area contributed by atoms with Crippen LogP contribution in [0.4, 0.5) is 0 Å². The van der Waals surface area contributed by atoms with Crippen molar-refractivity contribution in [2.24, 2.45) is 0 Å². The molecule has 150 valence electrons. The summed E-state index contributed by atoms with van der Waals surface area (Å²) >= 11 is 0. The van der Waals surface area contributed by atoms with Crippen LogP contribution < -0.4 is 0 Å². The molecule has 2 fully saturated rings. The first-order chi connectivity index (χ1) is 12.9. The fourth-order valence-corrected chi connectivity index (χ4v) is 5.52. The predicted molar refractivity (Wildman–Crippen MR) is 104 cm³/mol. The van der Waals surface area contributed by atoms with Crippen molar-refractivity contribution in [2.75, 3.05) is 33.2 Å². The first-order valence-electron chi connectivity index (χ1n) is 9.65. The summed E-state index contributed by atoms with van der Waals surface area (Å²) in [5.41, 5.74) is 1.32. The van der Waals surface area contributed by atoms with Gasteiger partial charge in [-0.25, -0.2) is 4.79 Å². The lowest BCUT2D eigenvalue weighted by Crippen LogP contribution is -2.54. The maximum absolute atomic E-state index is 12.9. The Kier molecular flexibility index (Phi) is 6.52. The number of aromatic carboxylic acids is 1. The van der Waals surface area contributed by atoms with E-state index in [-0.39, 0.29) is 11.6 Å². The van der Waals surface area contributed by atoms with Crippen LogP contribution in [0.2, 0.25) is 0 Å². The summed E-state index contributed by atoms with van der Waals surface area (Å²) in [7, 11) is -1.67. The van der Waals surface area contributed by atoms with E-state index in [4.69, 9.17) is 5.11 Å². The van der Waals surface area contributed by atoms with Crippen LogP contribution in [0.1, 0.15) is 48.0 Å². The Morgan fingerprint density at radius 3 is 2.22 bits per heavy atom. The normalized spacial score (nSPS) is 20.8. The van der Waals surface area contributed by atoms with Crippen LogP contribution in [-0.4, -0.2) is 72.3 Å². The third-order valence-corrected chi connectivity index (χ3v) is 7.76. The van der Waals surface area contributed by atoms with Gasteiger partial charge in [-0.15, -0.1) is 0 Å². The molecule has 3 rings (SSSR count). The number of carboxylic acid groups (broad SMARTS) is 1. The maximum Gasteiger partial charge on any atom is 0.335 e. The summed E-state index contributed by atoms with van der Waals surface area (Å²) in [6.07, 6.45) is 5.35. The molecule has 1 aromatic rings. The molecule has 1 saturated heterocycles. The molecule has 0 unspecified atom stereocenters. The molecule has 7 nitrogen and oxygen atoms in total. The summed E-state index contributed by atoms with van der Waals surface area (Å²) in [4.78, 5) is 13.1. The van der Waals surface area contributed by atoms with Gasteiger partial charge in [-0.2, -0.15) is 17.0 Å². The van der Waals surface area contributed by atoms with Crippen molar-refractivity contribution in [1.29, 1.82) is 0 Å². The molecule has 0 atom stereocenters. The minimum absolute atomic E-state index is 0.134. The Morgan fingerprint density at radius 1 is 1.07 bits per heavy atom. The van der Waals surface area contributed by atoms with E-state index in [1.807, 2.05) is 12.1 Å². The first kappa shape index (κ1) is 20.3. The van der Waals surface area contributed by atoms with Crippen molar-refractivity contribution in [3.63, 3.8) is 0 Å². The van der Waals surface area contributed by atoms with Gasteiger partial charge >= 0.3 is 5.97 Å². The minimum Gasteiger partial charge on any atom is -0.478 e. The molecule has 0 bridgehead atoms. The third kappa shape index (κ3) is 4.87. The second-order valence-corrected chi connectivity index (χ2v) is 9.48. The predicted octanol–water partition coefficient (Wildman–Crippen LogP) is 2.01. The van der Waals surface area contributed by atoms with Crippen molar-refractivity contribution in [3.05, 3.63) is 35.4 Å². The van der Waals surface area contributed by atoms with Gasteiger partial charge in [-0.3, -0.25) is 4.90 Å². The molecule has 1 aliphatic heterocycles. The molecule has 1 heterocycles. The highest BCUT2D eigenvalue weighted by molar-refractivity contribution is 7.86. The number of carboxylic acids is 1. The summed E-state index contributed by atoms with van der Waals surface area (Å²) in [5.74, 6) is -0.928. The van der Waals surface area contributed by atoms with Crippen LogP contribution in [-0.2, 0) is 16.8 Å². The summed E-state index contributed by atoms with van der Waals surface area (Å²) in [6.45, 7) is 3.04. The summed E-state index contributed by atoms with van der Waals surface area (Å²) in [6, 6.07) is 7.00. The Bertz CT molecular complexity index is 737. The van der Waals surface area contributed by atoms with Gasteiger partial charge in [-0.05, 0) is 30.5 Å². The Balaban J connectivity index is 1.53. The fraction of sp³-hybridized carbons (Fsp3) is 0.632. The van der Waals surface area contributed by atoms with E-state index >= 15 is 0 Å². The van der Waals surface area contributed by atoms with Crippen molar-refractivity contribution >= 4 is 16.2 Å². The second kappa shape index (κ2) is 8.68. The molecule has 1 aliphatic carbocycles. The monoisotopic (exact) mass is 395 g/mol. The highest BCUT2D eigenvalue weighted by Gasteiger charge is 2.34. The Labute approximate surface area is 161 Å². The molecule has 1 saturated carbocycles. The summed E-state index contributed by atoms with van der Waals surface area (Å²) in [5, 5.41) is 8.96. The second-order valence-electron chi connectivity index (χ2n) is 7.49. The van der Waals surface area contributed by atoms with E-state index in [0.29, 0.717) is 32.7 Å². The van der Waals surface area contributed by atoms with Crippen LogP contribution in [0.5, 0.6) is 0 Å². The first-order valence-corrected chi connectivity index (χ1v) is 11.1. The van der Waals surface area contributed by atoms with Gasteiger partial charge in [0, 0.05) is 45.8 Å². The van der Waals surface area contributed by atoms with Crippen LogP contribution in [0.3, 0.4) is 0 Å². The van der Waals surface area contributed by atoms with Crippen LogP contribution in [0, 0.1) is 0 Å². The highest BCUT2D eigenvalue weighted by Crippen LogP contribution is 2.25. The molecular formula is C19H29N3O4S. The van der Waals surface area contributed by atoms with E-state index < -0.39 is 16.2 Å². The smallest absolute Gasteiger partial charge is 0.335 e. The lowest BCUT2D eigenvalue weighted by Gasteiger charge is -2.38. The van der Waals surface area contributed by atoms with Gasteiger partial charge in [-0.1, -0.05) is 31.4 Å². The zero-order valence-corrected chi connectivity index (χ0v) is 16.7. The molecule has 8 heteroatoms. The van der Waals surface area contributed by atoms with Crippen LogP contribution in [0.15, 0.2) is 24.3 Å². The van der Waals surface area contributed by atoms with Crippen LogP contribution in [0.25, 0.3) is 0 Å². The van der Waals surface area contributed by atoms with Gasteiger partial charge in [0.05, 0.1) is 5.56 Å². The lowest BCUT2D eigenvalue weighted by atomic mass is 9.96. The molecule has 27 heavy (non-hydrogen) atoms. The van der Waals surface area contributed by atoms with Crippen molar-refractivity contribution in [1.82, 2.24) is 13.5 Å². The average Bonchev–Trinajstić information content (AvgIpc) is 2.69. The number of hydrogen-bond acceptors (Lipinski definition) is 4. The fourth-order valence-electron chi connectivity index (χ4n) is 3.94. The van der Waals surface area contributed by atoms with Gasteiger partial charge in [0.2, 0.25) is 0 Å². The SMILES string of the molecule is CN(C1CCCCC1)S(=O)(=O)N1CCN(Cc2ccc(C(=O)O)cc2)CC1. The molecule has 0 aromatic heterocycles. The number of nitrogens with zero attached hydrogens (tertiary/aromatic N) is 3. The highest BCUT2D eigenvalue weighted by atomic mass is 32.2. The maximum atomic E-state index is 12.9. The topological polar surface area (TPSA) is 81.2 Å². The third-order valence-electron chi connectivity index (χ3n) is 5.72. The molecule has 0 amide bonds. The molecule has 1 N–H and O–H groups in total. The zero-order valence-electron chi connectivity index (χ0n) is 15.9. The molecule has 0 radical (unpaired) electrons. The van der Waals surface area contributed by atoms with E-state index in [9.17, 15) is 13.2 Å². The average molecular weight is 396 g/mol. The number of rotatable bonds is 6. The van der Waals surface area contributed by atoms with Crippen molar-refractivity contribution < 1.29 is 18.3 Å². The van der Waals surface area contributed by atoms with E-state index in [2.05, 4.69) is 4.90 Å². The Morgan fingerprint density at radius 2 is 1.67 bits per heavy atom. The van der Waals surface area contributed by atoms with E-state index in [1.54, 1.807) is 27.8 Å². The lowest BCUT2D eigenvalue weighted by molar-refractivity contribution is 0.0697. The number of piperazine rings is 1. The molecule has 2 aliphatic rings. The summed E-state index contributed by atoms with van der Waals surface area (Å²) < 4.78 is 29.1. The van der Waals surface area contributed by atoms with Crippen molar-refractivity contribution in [2.45, 2.75) is 44.7 Å². The van der Waals surface area contributed by atoms with E-state index in [1.165, 1.54) is 6.42 Å². The van der Waals surface area contributed by atoms with Gasteiger partial charge in [0.15, 0.2) is 0 Å². The minimum atomic E-state index is -3.40. The Hall–Kier alpha value is -1.48. The number of benzene rings is 1. The van der Waals surface area contributed by atoms with Crippen molar-refractivity contribution in [3.8, 4) is 0 Å².